The van der Waals surface area contributed by atoms with Crippen molar-refractivity contribution in [1.29, 1.82) is 0 Å². The van der Waals surface area contributed by atoms with Crippen molar-refractivity contribution >= 4 is 21.8 Å². The van der Waals surface area contributed by atoms with E-state index in [0.717, 1.165) is 6.07 Å². The summed E-state index contributed by atoms with van der Waals surface area (Å²) in [5.41, 5.74) is -1.00. The molecule has 1 aromatic carbocycles. The lowest BCUT2D eigenvalue weighted by Gasteiger charge is -2.40. The molecule has 0 saturated carbocycles. The highest BCUT2D eigenvalue weighted by molar-refractivity contribution is 7.80. The van der Waals surface area contributed by atoms with Gasteiger partial charge in [-0.1, -0.05) is 0 Å². The van der Waals surface area contributed by atoms with Gasteiger partial charge in [0.15, 0.2) is 12.5 Å². The van der Waals surface area contributed by atoms with Gasteiger partial charge in [-0.3, -0.25) is 4.55 Å². The van der Waals surface area contributed by atoms with Crippen molar-refractivity contribution in [2.75, 3.05) is 23.4 Å². The lowest BCUT2D eigenvalue weighted by atomic mass is 10.1. The number of aromatic nitrogens is 2. The van der Waals surface area contributed by atoms with E-state index in [-0.39, 0.29) is 43.1 Å². The fourth-order valence-electron chi connectivity index (χ4n) is 3.12. The van der Waals surface area contributed by atoms with Crippen molar-refractivity contribution in [2.45, 2.75) is 31.5 Å². The van der Waals surface area contributed by atoms with Gasteiger partial charge in [-0.25, -0.2) is 9.17 Å². The summed E-state index contributed by atoms with van der Waals surface area (Å²) in [5, 5.41) is 22.8. The molecule has 0 aliphatic carbocycles. The van der Waals surface area contributed by atoms with Gasteiger partial charge in [0.05, 0.1) is 35.6 Å². The summed E-state index contributed by atoms with van der Waals surface area (Å²) < 4.78 is 75.8. The molecule has 1 aliphatic heterocycles. The Morgan fingerprint density at radius 1 is 1.20 bits per heavy atom. The zero-order chi connectivity index (χ0) is 22.1. The van der Waals surface area contributed by atoms with Crippen LogP contribution < -0.4 is 10.2 Å². The maximum atomic E-state index is 13.6. The molecule has 0 fully saturated rings. The second-order valence-electron chi connectivity index (χ2n) is 6.51. The second-order valence-corrected chi connectivity index (χ2v) is 7.60. The Kier molecular flexibility index (Phi) is 6.24. The van der Waals surface area contributed by atoms with E-state index in [0.29, 0.717) is 0 Å². The van der Waals surface area contributed by atoms with Crippen LogP contribution in [0, 0.1) is 0 Å². The average molecular weight is 452 g/mol. The normalized spacial score (nSPS) is 19.5. The van der Waals surface area contributed by atoms with Crippen molar-refractivity contribution in [1.82, 2.24) is 9.55 Å². The number of hydrogen-bond acceptors (Lipinski definition) is 8. The Morgan fingerprint density at radius 2 is 1.93 bits per heavy atom. The van der Waals surface area contributed by atoms with Crippen molar-refractivity contribution in [3.8, 4) is 5.69 Å². The fourth-order valence-corrected chi connectivity index (χ4v) is 3.45. The minimum absolute atomic E-state index is 0.0295. The zero-order valence-corrected chi connectivity index (χ0v) is 16.1. The summed E-state index contributed by atoms with van der Waals surface area (Å²) >= 11 is 0. The molecule has 0 saturated heterocycles. The van der Waals surface area contributed by atoms with Crippen LogP contribution >= 0.6 is 0 Å². The summed E-state index contributed by atoms with van der Waals surface area (Å²) in [6.07, 6.45) is -3.42. The Labute approximate surface area is 169 Å². The van der Waals surface area contributed by atoms with Gasteiger partial charge >= 0.3 is 16.6 Å². The van der Waals surface area contributed by atoms with E-state index in [9.17, 15) is 31.8 Å². The molecule has 0 spiro atoms. The van der Waals surface area contributed by atoms with Gasteiger partial charge in [0.2, 0.25) is 0 Å². The van der Waals surface area contributed by atoms with Gasteiger partial charge in [0, 0.05) is 18.9 Å². The molecule has 0 radical (unpaired) electrons. The summed E-state index contributed by atoms with van der Waals surface area (Å²) in [6.45, 7) is -0.250. The molecule has 0 amide bonds. The number of anilines is 2. The summed E-state index contributed by atoms with van der Waals surface area (Å²) in [6, 6.07) is 2.06. The van der Waals surface area contributed by atoms with E-state index < -0.39 is 34.6 Å². The van der Waals surface area contributed by atoms with Crippen LogP contribution in [0.15, 0.2) is 30.9 Å². The highest BCUT2D eigenvalue weighted by Crippen LogP contribution is 2.42. The molecular formula is C16H19F3N4O6S. The quantitative estimate of drug-likeness (QED) is 0.362. The van der Waals surface area contributed by atoms with Gasteiger partial charge in [-0.2, -0.15) is 21.6 Å². The number of halogens is 3. The topological polar surface area (TPSA) is 137 Å². The molecule has 4 N–H and O–H groups in total. The fraction of sp³-hybridized carbons (Fsp3) is 0.438. The molecule has 10 nitrogen and oxygen atoms in total. The van der Waals surface area contributed by atoms with Crippen molar-refractivity contribution in [3.05, 3.63) is 36.4 Å². The molecule has 14 heteroatoms. The predicted octanol–water partition coefficient (Wildman–Crippen LogP) is 1.36. The minimum Gasteiger partial charge on any atom is -0.369 e. The van der Waals surface area contributed by atoms with Gasteiger partial charge in [-0.15, -0.1) is 0 Å². The van der Waals surface area contributed by atoms with Crippen LogP contribution in [-0.2, 0) is 20.8 Å². The lowest BCUT2D eigenvalue weighted by molar-refractivity contribution is -0.137. The standard InChI is InChI=1S/C16H19F3N4O6S/c17-16(18,19)10-7-11-13(8-12(10)22-5-3-20-9-22)23(15(25)14(24)21-11)4-1-2-6-29-30(26,27)28/h3,5,7-9,14-15,21,24-25H,1-2,4,6H2,(H,26,27,28). The van der Waals surface area contributed by atoms with E-state index in [4.69, 9.17) is 4.55 Å². The summed E-state index contributed by atoms with van der Waals surface area (Å²) in [7, 11) is -4.58. The van der Waals surface area contributed by atoms with Crippen LogP contribution in [0.25, 0.3) is 5.69 Å². The molecule has 0 bridgehead atoms. The molecule has 1 aliphatic rings. The number of nitrogens with zero attached hydrogens (tertiary/aromatic N) is 3. The van der Waals surface area contributed by atoms with Crippen molar-refractivity contribution < 1.29 is 40.5 Å². The molecule has 30 heavy (non-hydrogen) atoms. The van der Waals surface area contributed by atoms with Crippen molar-refractivity contribution in [3.63, 3.8) is 0 Å². The van der Waals surface area contributed by atoms with Gasteiger partial charge in [-0.05, 0) is 25.0 Å². The molecule has 166 valence electrons. The largest absolute Gasteiger partial charge is 0.418 e. The Morgan fingerprint density at radius 3 is 2.53 bits per heavy atom. The minimum atomic E-state index is -4.69. The first-order chi connectivity index (χ1) is 14.0. The maximum Gasteiger partial charge on any atom is 0.418 e. The van der Waals surface area contributed by atoms with Crippen LogP contribution in [0.1, 0.15) is 18.4 Å². The van der Waals surface area contributed by atoms with Crippen LogP contribution in [0.2, 0.25) is 0 Å². The zero-order valence-electron chi connectivity index (χ0n) is 15.3. The third kappa shape index (κ3) is 5.02. The number of hydrogen-bond donors (Lipinski definition) is 4. The average Bonchev–Trinajstić information content (AvgIpc) is 3.16. The second kappa shape index (κ2) is 8.39. The van der Waals surface area contributed by atoms with E-state index in [1.54, 1.807) is 0 Å². The van der Waals surface area contributed by atoms with Gasteiger partial charge in [0.25, 0.3) is 0 Å². The first-order valence-electron chi connectivity index (χ1n) is 8.72. The Hall–Kier alpha value is -2.39. The summed E-state index contributed by atoms with van der Waals surface area (Å²) in [4.78, 5) is 5.06. The Bertz CT molecular complexity index is 984. The number of benzene rings is 1. The number of unbranched alkanes of at least 4 members (excludes halogenated alkanes) is 1. The van der Waals surface area contributed by atoms with Crippen LogP contribution in [0.3, 0.4) is 0 Å². The molecule has 2 aromatic rings. The summed E-state index contributed by atoms with van der Waals surface area (Å²) in [5.74, 6) is 0. The molecule has 2 heterocycles. The van der Waals surface area contributed by atoms with Gasteiger partial charge in [0.1, 0.15) is 0 Å². The highest BCUT2D eigenvalue weighted by Gasteiger charge is 2.38. The van der Waals surface area contributed by atoms with Crippen LogP contribution in [0.4, 0.5) is 24.5 Å². The number of alkyl halides is 3. The number of aliphatic hydroxyl groups is 2. The molecule has 1 aromatic heterocycles. The van der Waals surface area contributed by atoms with Crippen molar-refractivity contribution in [2.24, 2.45) is 0 Å². The van der Waals surface area contributed by atoms with E-state index in [2.05, 4.69) is 14.5 Å². The van der Waals surface area contributed by atoms with E-state index in [1.165, 1.54) is 34.3 Å². The smallest absolute Gasteiger partial charge is 0.369 e. The Balaban J connectivity index is 1.91. The highest BCUT2D eigenvalue weighted by atomic mass is 32.3. The first kappa shape index (κ1) is 22.3. The number of fused-ring (bicyclic) bond motifs is 1. The number of rotatable bonds is 7. The number of nitrogens with one attached hydrogen (secondary N) is 1. The third-order valence-electron chi connectivity index (χ3n) is 4.44. The number of imidazole rings is 1. The maximum absolute atomic E-state index is 13.6. The first-order valence-corrected chi connectivity index (χ1v) is 10.1. The van der Waals surface area contributed by atoms with E-state index in [1.807, 2.05) is 0 Å². The third-order valence-corrected chi connectivity index (χ3v) is 4.91. The molecule has 3 rings (SSSR count). The molecule has 2 atom stereocenters. The number of aliphatic hydroxyl groups excluding tert-OH is 2. The monoisotopic (exact) mass is 452 g/mol. The SMILES string of the molecule is O=S(=O)(O)OCCCCN1c2cc(-n3ccnc3)c(C(F)(F)F)cc2NC(O)C1O. The molecular weight excluding hydrogens is 433 g/mol. The predicted molar refractivity (Wildman–Crippen MR) is 98.3 cm³/mol. The van der Waals surface area contributed by atoms with E-state index >= 15 is 0 Å². The van der Waals surface area contributed by atoms with Gasteiger partial charge < -0.3 is 25.0 Å². The molecule has 2 unspecified atom stereocenters. The lowest BCUT2D eigenvalue weighted by Crippen LogP contribution is -2.51. The van der Waals surface area contributed by atoms with Crippen LogP contribution in [-0.4, -0.2) is 58.3 Å². The van der Waals surface area contributed by atoms with Crippen LogP contribution in [0.5, 0.6) is 0 Å².